The van der Waals surface area contributed by atoms with Gasteiger partial charge in [-0.1, -0.05) is 26.7 Å². The standard InChI is InChI=1S/C16H24N2O4S/c1-11(2)10-17-23(21,22)15-9-12(16(19)20)7-8-14(15)18-13-5-3-4-6-13/h7-9,11,13,17-18H,3-6,10H2,1-2H3,(H,19,20). The third-order valence-corrected chi connectivity index (χ3v) is 5.38. The Balaban J connectivity index is 2.35. The second kappa shape index (κ2) is 7.31. The highest BCUT2D eigenvalue weighted by Gasteiger charge is 2.23. The molecule has 128 valence electrons. The monoisotopic (exact) mass is 340 g/mol. The van der Waals surface area contributed by atoms with Gasteiger partial charge in [0.15, 0.2) is 0 Å². The van der Waals surface area contributed by atoms with Crippen LogP contribution in [0.2, 0.25) is 0 Å². The van der Waals surface area contributed by atoms with Crippen LogP contribution in [0.15, 0.2) is 23.1 Å². The molecular weight excluding hydrogens is 316 g/mol. The molecule has 0 unspecified atom stereocenters. The molecule has 2 rings (SSSR count). The third kappa shape index (κ3) is 4.68. The van der Waals surface area contributed by atoms with Crippen LogP contribution in [0.25, 0.3) is 0 Å². The van der Waals surface area contributed by atoms with Gasteiger partial charge in [0.25, 0.3) is 0 Å². The molecule has 0 heterocycles. The van der Waals surface area contributed by atoms with Crippen LogP contribution in [0.3, 0.4) is 0 Å². The Morgan fingerprint density at radius 2 is 1.96 bits per heavy atom. The van der Waals surface area contributed by atoms with Crippen molar-refractivity contribution in [2.24, 2.45) is 5.92 Å². The van der Waals surface area contributed by atoms with E-state index >= 15 is 0 Å². The number of carbonyl (C=O) groups is 1. The summed E-state index contributed by atoms with van der Waals surface area (Å²) in [5, 5.41) is 12.4. The van der Waals surface area contributed by atoms with E-state index < -0.39 is 16.0 Å². The first-order valence-electron chi connectivity index (χ1n) is 7.93. The lowest BCUT2D eigenvalue weighted by Gasteiger charge is -2.18. The average Bonchev–Trinajstić information content (AvgIpc) is 2.98. The zero-order valence-electron chi connectivity index (χ0n) is 13.5. The fourth-order valence-corrected chi connectivity index (χ4v) is 4.05. The largest absolute Gasteiger partial charge is 0.478 e. The molecule has 1 saturated carbocycles. The molecule has 1 aromatic carbocycles. The molecule has 7 heteroatoms. The summed E-state index contributed by atoms with van der Waals surface area (Å²) in [6, 6.07) is 4.44. The lowest BCUT2D eigenvalue weighted by Crippen LogP contribution is -2.29. The molecule has 1 fully saturated rings. The molecule has 0 spiro atoms. The minimum absolute atomic E-state index is 0.00458. The Morgan fingerprint density at radius 1 is 1.30 bits per heavy atom. The summed E-state index contributed by atoms with van der Waals surface area (Å²) >= 11 is 0. The molecule has 0 bridgehead atoms. The van der Waals surface area contributed by atoms with Crippen molar-refractivity contribution in [3.05, 3.63) is 23.8 Å². The number of carboxylic acid groups (broad SMARTS) is 1. The summed E-state index contributed by atoms with van der Waals surface area (Å²) in [5.41, 5.74) is 0.435. The zero-order valence-corrected chi connectivity index (χ0v) is 14.3. The number of sulfonamides is 1. The summed E-state index contributed by atoms with van der Waals surface area (Å²) in [4.78, 5) is 11.2. The van der Waals surface area contributed by atoms with Crippen LogP contribution in [0.4, 0.5) is 5.69 Å². The van der Waals surface area contributed by atoms with Gasteiger partial charge in [-0.25, -0.2) is 17.9 Å². The Bertz CT molecular complexity index is 665. The minimum Gasteiger partial charge on any atom is -0.478 e. The van der Waals surface area contributed by atoms with Crippen LogP contribution in [-0.4, -0.2) is 32.1 Å². The predicted octanol–water partition coefficient (Wildman–Crippen LogP) is 2.67. The van der Waals surface area contributed by atoms with Gasteiger partial charge >= 0.3 is 5.97 Å². The number of nitrogens with one attached hydrogen (secondary N) is 2. The summed E-state index contributed by atoms with van der Waals surface area (Å²) in [5.74, 6) is -0.976. The minimum atomic E-state index is -3.76. The fraction of sp³-hybridized carbons (Fsp3) is 0.562. The van der Waals surface area contributed by atoms with Crippen molar-refractivity contribution in [3.8, 4) is 0 Å². The van der Waals surface area contributed by atoms with E-state index in [9.17, 15) is 13.2 Å². The third-order valence-electron chi connectivity index (χ3n) is 3.91. The van der Waals surface area contributed by atoms with E-state index in [4.69, 9.17) is 5.11 Å². The molecular formula is C16H24N2O4S. The van der Waals surface area contributed by atoms with Crippen LogP contribution in [0, 0.1) is 5.92 Å². The maximum Gasteiger partial charge on any atom is 0.335 e. The zero-order chi connectivity index (χ0) is 17.0. The quantitative estimate of drug-likeness (QED) is 0.709. The predicted molar refractivity (Wildman–Crippen MR) is 89.3 cm³/mol. The Hall–Kier alpha value is -1.60. The second-order valence-electron chi connectivity index (χ2n) is 6.39. The van der Waals surface area contributed by atoms with Crippen molar-refractivity contribution in [1.29, 1.82) is 0 Å². The molecule has 0 amide bonds. The van der Waals surface area contributed by atoms with E-state index in [1.807, 2.05) is 13.8 Å². The Morgan fingerprint density at radius 3 is 2.52 bits per heavy atom. The van der Waals surface area contributed by atoms with Gasteiger partial charge in [-0.05, 0) is 37.0 Å². The normalized spacial score (nSPS) is 16.0. The van der Waals surface area contributed by atoms with E-state index in [0.29, 0.717) is 12.2 Å². The molecule has 0 aliphatic heterocycles. The number of hydrogen-bond donors (Lipinski definition) is 3. The molecule has 0 radical (unpaired) electrons. The van der Waals surface area contributed by atoms with Crippen molar-refractivity contribution in [1.82, 2.24) is 4.72 Å². The molecule has 6 nitrogen and oxygen atoms in total. The first-order valence-corrected chi connectivity index (χ1v) is 9.41. The van der Waals surface area contributed by atoms with Crippen LogP contribution >= 0.6 is 0 Å². The van der Waals surface area contributed by atoms with Gasteiger partial charge in [-0.2, -0.15) is 0 Å². The number of rotatable bonds is 7. The first kappa shape index (κ1) is 17.7. The molecule has 3 N–H and O–H groups in total. The van der Waals surface area contributed by atoms with Crippen LogP contribution in [0.1, 0.15) is 49.9 Å². The molecule has 1 aromatic rings. The van der Waals surface area contributed by atoms with Gasteiger partial charge in [-0.3, -0.25) is 0 Å². The Kier molecular flexibility index (Phi) is 5.64. The number of aromatic carboxylic acids is 1. The van der Waals surface area contributed by atoms with Gasteiger partial charge in [0.1, 0.15) is 4.90 Å². The smallest absolute Gasteiger partial charge is 0.335 e. The van der Waals surface area contributed by atoms with E-state index in [1.54, 1.807) is 6.07 Å². The average molecular weight is 340 g/mol. The molecule has 0 aromatic heterocycles. The topological polar surface area (TPSA) is 95.5 Å². The molecule has 0 saturated heterocycles. The van der Waals surface area contributed by atoms with E-state index in [2.05, 4.69) is 10.0 Å². The van der Waals surface area contributed by atoms with Crippen molar-refractivity contribution < 1.29 is 18.3 Å². The number of anilines is 1. The first-order chi connectivity index (χ1) is 10.8. The van der Waals surface area contributed by atoms with E-state index in [-0.39, 0.29) is 22.4 Å². The van der Waals surface area contributed by atoms with Gasteiger partial charge in [0.2, 0.25) is 10.0 Å². The van der Waals surface area contributed by atoms with Gasteiger partial charge in [-0.15, -0.1) is 0 Å². The van der Waals surface area contributed by atoms with Gasteiger partial charge in [0.05, 0.1) is 11.3 Å². The van der Waals surface area contributed by atoms with E-state index in [1.165, 1.54) is 12.1 Å². The Labute approximate surface area is 137 Å². The van der Waals surface area contributed by atoms with Crippen LogP contribution < -0.4 is 10.0 Å². The second-order valence-corrected chi connectivity index (χ2v) is 8.12. The van der Waals surface area contributed by atoms with Crippen molar-refractivity contribution in [3.63, 3.8) is 0 Å². The summed E-state index contributed by atoms with van der Waals surface area (Å²) < 4.78 is 27.7. The maximum atomic E-state index is 12.6. The highest BCUT2D eigenvalue weighted by molar-refractivity contribution is 7.89. The van der Waals surface area contributed by atoms with Crippen LogP contribution in [-0.2, 0) is 10.0 Å². The molecule has 0 atom stereocenters. The highest BCUT2D eigenvalue weighted by Crippen LogP contribution is 2.28. The summed E-state index contributed by atoms with van der Waals surface area (Å²) in [6.45, 7) is 4.13. The number of benzene rings is 1. The number of hydrogen-bond acceptors (Lipinski definition) is 4. The SMILES string of the molecule is CC(C)CNS(=O)(=O)c1cc(C(=O)O)ccc1NC1CCCC1. The lowest BCUT2D eigenvalue weighted by molar-refractivity contribution is 0.0696. The summed E-state index contributed by atoms with van der Waals surface area (Å²) in [7, 11) is -3.76. The van der Waals surface area contributed by atoms with Gasteiger partial charge in [0, 0.05) is 12.6 Å². The van der Waals surface area contributed by atoms with E-state index in [0.717, 1.165) is 25.7 Å². The van der Waals surface area contributed by atoms with Crippen molar-refractivity contribution in [2.45, 2.75) is 50.5 Å². The fourth-order valence-electron chi connectivity index (χ4n) is 2.64. The molecule has 1 aliphatic rings. The summed E-state index contributed by atoms with van der Waals surface area (Å²) in [6.07, 6.45) is 4.25. The molecule has 1 aliphatic carbocycles. The van der Waals surface area contributed by atoms with Crippen molar-refractivity contribution >= 4 is 21.7 Å². The van der Waals surface area contributed by atoms with Crippen LogP contribution in [0.5, 0.6) is 0 Å². The lowest BCUT2D eigenvalue weighted by atomic mass is 10.2. The number of carboxylic acids is 1. The molecule has 23 heavy (non-hydrogen) atoms. The van der Waals surface area contributed by atoms with Gasteiger partial charge < -0.3 is 10.4 Å². The maximum absolute atomic E-state index is 12.6. The van der Waals surface area contributed by atoms with Crippen molar-refractivity contribution in [2.75, 3.05) is 11.9 Å². The highest BCUT2D eigenvalue weighted by atomic mass is 32.2.